The van der Waals surface area contributed by atoms with Crippen molar-refractivity contribution in [2.75, 3.05) is 5.32 Å². The first-order valence-corrected chi connectivity index (χ1v) is 8.46. The Morgan fingerprint density at radius 3 is 2.27 bits per heavy atom. The number of hydrogen-bond acceptors (Lipinski definition) is 3. The van der Waals surface area contributed by atoms with Crippen LogP contribution in [0.5, 0.6) is 5.75 Å². The van der Waals surface area contributed by atoms with Gasteiger partial charge in [0, 0.05) is 17.8 Å². The number of carboxylic acids is 1. The van der Waals surface area contributed by atoms with E-state index in [9.17, 15) is 4.79 Å². The topological polar surface area (TPSA) is 58.6 Å². The van der Waals surface area contributed by atoms with Gasteiger partial charge in [0.05, 0.1) is 5.56 Å². The lowest BCUT2D eigenvalue weighted by molar-refractivity contribution is 0.0697. The predicted octanol–water partition coefficient (Wildman–Crippen LogP) is 4.88. The Hall–Kier alpha value is -3.27. The second kappa shape index (κ2) is 8.21. The summed E-state index contributed by atoms with van der Waals surface area (Å²) in [5, 5.41) is 12.3. The molecule has 26 heavy (non-hydrogen) atoms. The van der Waals surface area contributed by atoms with Crippen LogP contribution in [-0.2, 0) is 13.2 Å². The van der Waals surface area contributed by atoms with Gasteiger partial charge in [-0.25, -0.2) is 4.79 Å². The van der Waals surface area contributed by atoms with E-state index < -0.39 is 5.97 Å². The first-order chi connectivity index (χ1) is 12.6. The van der Waals surface area contributed by atoms with Gasteiger partial charge in [0.1, 0.15) is 12.4 Å². The molecule has 0 amide bonds. The molecule has 4 nitrogen and oxygen atoms in total. The zero-order valence-electron chi connectivity index (χ0n) is 14.6. The molecule has 0 saturated carbocycles. The summed E-state index contributed by atoms with van der Waals surface area (Å²) in [6.07, 6.45) is 0. The highest BCUT2D eigenvalue weighted by atomic mass is 16.5. The molecule has 0 bridgehead atoms. The van der Waals surface area contributed by atoms with E-state index >= 15 is 0 Å². The summed E-state index contributed by atoms with van der Waals surface area (Å²) in [7, 11) is 0. The summed E-state index contributed by atoms with van der Waals surface area (Å²) in [6, 6.07) is 22.8. The van der Waals surface area contributed by atoms with Gasteiger partial charge in [-0.1, -0.05) is 42.5 Å². The number of aryl methyl sites for hydroxylation is 1. The minimum atomic E-state index is -0.925. The van der Waals surface area contributed by atoms with E-state index in [1.165, 1.54) is 11.1 Å². The van der Waals surface area contributed by atoms with Crippen molar-refractivity contribution in [2.45, 2.75) is 20.1 Å². The van der Waals surface area contributed by atoms with Crippen molar-refractivity contribution in [3.8, 4) is 5.75 Å². The number of carboxylic acid groups (broad SMARTS) is 1. The van der Waals surface area contributed by atoms with Crippen LogP contribution in [0.2, 0.25) is 0 Å². The maximum Gasteiger partial charge on any atom is 0.335 e. The fourth-order valence-corrected chi connectivity index (χ4v) is 2.65. The minimum absolute atomic E-state index is 0.275. The minimum Gasteiger partial charge on any atom is -0.489 e. The van der Waals surface area contributed by atoms with Gasteiger partial charge >= 0.3 is 5.97 Å². The summed E-state index contributed by atoms with van der Waals surface area (Å²) in [5.74, 6) is -0.0862. The average molecular weight is 347 g/mol. The number of hydrogen-bond donors (Lipinski definition) is 2. The SMILES string of the molecule is Cc1ccccc1COc1ccccc1CNc1ccc(C(=O)O)cc1. The van der Waals surface area contributed by atoms with Crippen LogP contribution in [0.1, 0.15) is 27.0 Å². The highest BCUT2D eigenvalue weighted by Gasteiger charge is 2.06. The van der Waals surface area contributed by atoms with Crippen LogP contribution in [0.3, 0.4) is 0 Å². The number of para-hydroxylation sites is 1. The van der Waals surface area contributed by atoms with Crippen LogP contribution in [0.25, 0.3) is 0 Å². The number of aromatic carboxylic acids is 1. The third kappa shape index (κ3) is 4.42. The molecule has 0 aliphatic rings. The summed E-state index contributed by atoms with van der Waals surface area (Å²) in [5.41, 5.74) is 4.56. The maximum absolute atomic E-state index is 10.9. The zero-order chi connectivity index (χ0) is 18.4. The van der Waals surface area contributed by atoms with Gasteiger partial charge in [-0.3, -0.25) is 0 Å². The molecule has 0 atom stereocenters. The highest BCUT2D eigenvalue weighted by Crippen LogP contribution is 2.22. The molecule has 0 heterocycles. The second-order valence-corrected chi connectivity index (χ2v) is 6.06. The quantitative estimate of drug-likeness (QED) is 0.639. The summed E-state index contributed by atoms with van der Waals surface area (Å²) in [6.45, 7) is 3.19. The maximum atomic E-state index is 10.9. The number of carbonyl (C=O) groups is 1. The van der Waals surface area contributed by atoms with E-state index in [0.717, 1.165) is 17.0 Å². The number of rotatable bonds is 7. The van der Waals surface area contributed by atoms with Crippen LogP contribution >= 0.6 is 0 Å². The monoisotopic (exact) mass is 347 g/mol. The van der Waals surface area contributed by atoms with Crippen molar-refractivity contribution >= 4 is 11.7 Å². The predicted molar refractivity (Wildman–Crippen MR) is 103 cm³/mol. The van der Waals surface area contributed by atoms with Crippen molar-refractivity contribution in [3.63, 3.8) is 0 Å². The third-order valence-corrected chi connectivity index (χ3v) is 4.23. The lowest BCUT2D eigenvalue weighted by atomic mass is 10.1. The molecule has 0 spiro atoms. The van der Waals surface area contributed by atoms with Crippen molar-refractivity contribution < 1.29 is 14.6 Å². The van der Waals surface area contributed by atoms with Crippen LogP contribution in [0.4, 0.5) is 5.69 Å². The largest absolute Gasteiger partial charge is 0.489 e. The zero-order valence-corrected chi connectivity index (χ0v) is 14.6. The molecule has 0 aliphatic heterocycles. The molecule has 4 heteroatoms. The Bertz CT molecular complexity index is 888. The van der Waals surface area contributed by atoms with Crippen LogP contribution in [-0.4, -0.2) is 11.1 Å². The van der Waals surface area contributed by atoms with Crippen LogP contribution in [0.15, 0.2) is 72.8 Å². The lowest BCUT2D eigenvalue weighted by Crippen LogP contribution is -2.04. The Morgan fingerprint density at radius 1 is 0.923 bits per heavy atom. The molecule has 132 valence electrons. The molecule has 0 aromatic heterocycles. The van der Waals surface area contributed by atoms with Crippen LogP contribution in [0, 0.1) is 6.92 Å². The molecule has 0 unspecified atom stereocenters. The summed E-state index contributed by atoms with van der Waals surface area (Å²) < 4.78 is 6.03. The van der Waals surface area contributed by atoms with Gasteiger partial charge < -0.3 is 15.2 Å². The van der Waals surface area contributed by atoms with Crippen molar-refractivity contribution in [2.24, 2.45) is 0 Å². The van der Waals surface area contributed by atoms with E-state index in [2.05, 4.69) is 24.4 Å². The molecular weight excluding hydrogens is 326 g/mol. The molecule has 2 N–H and O–H groups in total. The van der Waals surface area contributed by atoms with Gasteiger partial charge in [0.15, 0.2) is 0 Å². The van der Waals surface area contributed by atoms with Crippen LogP contribution < -0.4 is 10.1 Å². The molecule has 3 aromatic carbocycles. The fourth-order valence-electron chi connectivity index (χ4n) is 2.65. The van der Waals surface area contributed by atoms with E-state index in [1.54, 1.807) is 24.3 Å². The number of nitrogens with one attached hydrogen (secondary N) is 1. The Kier molecular flexibility index (Phi) is 5.54. The van der Waals surface area contributed by atoms with Gasteiger partial charge in [0.2, 0.25) is 0 Å². The molecule has 3 aromatic rings. The van der Waals surface area contributed by atoms with Gasteiger partial charge in [-0.15, -0.1) is 0 Å². The standard InChI is InChI=1S/C22H21NO3/c1-16-6-2-3-8-19(16)15-26-21-9-5-4-7-18(21)14-23-20-12-10-17(11-13-20)22(24)25/h2-13,23H,14-15H2,1H3,(H,24,25). The fraction of sp³-hybridized carbons (Fsp3) is 0.136. The van der Waals surface area contributed by atoms with Crippen molar-refractivity contribution in [1.82, 2.24) is 0 Å². The van der Waals surface area contributed by atoms with E-state index in [-0.39, 0.29) is 5.56 Å². The number of ether oxygens (including phenoxy) is 1. The van der Waals surface area contributed by atoms with E-state index in [0.29, 0.717) is 13.2 Å². The van der Waals surface area contributed by atoms with Gasteiger partial charge in [-0.2, -0.15) is 0 Å². The second-order valence-electron chi connectivity index (χ2n) is 6.06. The summed E-state index contributed by atoms with van der Waals surface area (Å²) in [4.78, 5) is 10.9. The van der Waals surface area contributed by atoms with E-state index in [1.807, 2.05) is 36.4 Å². The Labute approximate surface area is 153 Å². The average Bonchev–Trinajstić information content (AvgIpc) is 2.66. The molecule has 3 rings (SSSR count). The molecule has 0 saturated heterocycles. The van der Waals surface area contributed by atoms with Crippen molar-refractivity contribution in [3.05, 3.63) is 95.1 Å². The number of benzene rings is 3. The molecule has 0 fully saturated rings. The number of anilines is 1. The Morgan fingerprint density at radius 2 is 1.58 bits per heavy atom. The molecule has 0 radical (unpaired) electrons. The third-order valence-electron chi connectivity index (χ3n) is 4.23. The van der Waals surface area contributed by atoms with Gasteiger partial charge in [-0.05, 0) is 48.4 Å². The first-order valence-electron chi connectivity index (χ1n) is 8.46. The smallest absolute Gasteiger partial charge is 0.335 e. The van der Waals surface area contributed by atoms with Gasteiger partial charge in [0.25, 0.3) is 0 Å². The summed E-state index contributed by atoms with van der Waals surface area (Å²) >= 11 is 0. The van der Waals surface area contributed by atoms with E-state index in [4.69, 9.17) is 9.84 Å². The normalized spacial score (nSPS) is 10.3. The van der Waals surface area contributed by atoms with Crippen molar-refractivity contribution in [1.29, 1.82) is 0 Å². The molecule has 0 aliphatic carbocycles. The lowest BCUT2D eigenvalue weighted by Gasteiger charge is -2.14. The highest BCUT2D eigenvalue weighted by molar-refractivity contribution is 5.87. The Balaban J connectivity index is 1.65. The first kappa shape index (κ1) is 17.5. The molecular formula is C22H21NO3.